The van der Waals surface area contributed by atoms with Gasteiger partial charge in [0.1, 0.15) is 11.1 Å². The van der Waals surface area contributed by atoms with Gasteiger partial charge in [0.15, 0.2) is 0 Å². The van der Waals surface area contributed by atoms with Crippen LogP contribution >= 0.6 is 34.8 Å². The number of hydrogen-bond donors (Lipinski definition) is 1. The third-order valence-corrected chi connectivity index (χ3v) is 4.89. The minimum absolute atomic E-state index is 0.0451. The second-order valence-corrected chi connectivity index (χ2v) is 7.19. The molecule has 0 saturated carbocycles. The Labute approximate surface area is 161 Å². The maximum atomic E-state index is 12.6. The van der Waals surface area contributed by atoms with Crippen LogP contribution in [-0.2, 0) is 14.3 Å². The Morgan fingerprint density at radius 1 is 1.08 bits per heavy atom. The third-order valence-electron chi connectivity index (χ3n) is 3.94. The number of allylic oxidation sites excluding steroid dienone is 2. The summed E-state index contributed by atoms with van der Waals surface area (Å²) in [5.41, 5.74) is 1.79. The van der Waals surface area contributed by atoms with Gasteiger partial charge >= 0.3 is 5.97 Å². The zero-order chi connectivity index (χ0) is 18.4. The van der Waals surface area contributed by atoms with Crippen LogP contribution in [0.15, 0.2) is 45.9 Å². The summed E-state index contributed by atoms with van der Waals surface area (Å²) >= 11 is 16.8. The maximum Gasteiger partial charge on any atom is 0.310 e. The van der Waals surface area contributed by atoms with E-state index in [-0.39, 0.29) is 22.0 Å². The molecule has 1 N–H and O–H groups in total. The van der Waals surface area contributed by atoms with Crippen molar-refractivity contribution in [3.63, 3.8) is 0 Å². The summed E-state index contributed by atoms with van der Waals surface area (Å²) in [6, 6.07) is 7.47. The van der Waals surface area contributed by atoms with E-state index in [1.807, 2.05) is 43.3 Å². The van der Waals surface area contributed by atoms with E-state index in [0.717, 1.165) is 5.56 Å². The highest BCUT2D eigenvalue weighted by atomic mass is 35.5. The van der Waals surface area contributed by atoms with Gasteiger partial charge in [-0.15, -0.1) is 0 Å². The van der Waals surface area contributed by atoms with Crippen LogP contribution in [-0.4, -0.2) is 18.5 Å². The van der Waals surface area contributed by atoms with E-state index in [9.17, 15) is 9.59 Å². The number of esters is 1. The Kier molecular flexibility index (Phi) is 7.36. The van der Waals surface area contributed by atoms with Crippen LogP contribution in [0.2, 0.25) is 0 Å². The molecule has 1 aliphatic carbocycles. The molecule has 1 aliphatic rings. The first-order valence-electron chi connectivity index (χ1n) is 7.77. The lowest BCUT2D eigenvalue weighted by Crippen LogP contribution is -2.36. The topological polar surface area (TPSA) is 55.4 Å². The molecular formula is C18H18Cl3NO3. The van der Waals surface area contributed by atoms with Gasteiger partial charge in [0.05, 0.1) is 16.9 Å². The molecule has 134 valence electrons. The number of ether oxygens (including phenoxy) is 1. The van der Waals surface area contributed by atoms with Gasteiger partial charge in [0.2, 0.25) is 5.91 Å². The summed E-state index contributed by atoms with van der Waals surface area (Å²) in [4.78, 5) is 24.9. The van der Waals surface area contributed by atoms with Crippen LogP contribution in [0, 0.1) is 18.8 Å². The molecule has 0 bridgehead atoms. The van der Waals surface area contributed by atoms with Crippen molar-refractivity contribution in [3.05, 3.63) is 51.5 Å². The van der Waals surface area contributed by atoms with Crippen molar-refractivity contribution in [1.82, 2.24) is 0 Å². The molecule has 7 heteroatoms. The van der Waals surface area contributed by atoms with Crippen LogP contribution in [0.3, 0.4) is 0 Å². The van der Waals surface area contributed by atoms with E-state index in [0.29, 0.717) is 18.5 Å². The van der Waals surface area contributed by atoms with Crippen molar-refractivity contribution in [3.8, 4) is 0 Å². The second kappa shape index (κ2) is 9.27. The summed E-state index contributed by atoms with van der Waals surface area (Å²) in [7, 11) is 0. The first-order valence-corrected chi connectivity index (χ1v) is 8.90. The average Bonchev–Trinajstić information content (AvgIpc) is 2.61. The van der Waals surface area contributed by atoms with E-state index in [1.165, 1.54) is 0 Å². The quantitative estimate of drug-likeness (QED) is 0.560. The minimum Gasteiger partial charge on any atom is -0.460 e. The summed E-state index contributed by atoms with van der Waals surface area (Å²) in [5.74, 6) is -1.80. The minimum atomic E-state index is -0.575. The largest absolute Gasteiger partial charge is 0.460 e. The molecular weight excluding hydrogens is 385 g/mol. The first kappa shape index (κ1) is 19.8. The van der Waals surface area contributed by atoms with Crippen molar-refractivity contribution in [2.45, 2.75) is 19.8 Å². The standard InChI is InChI=1S/C18H18Cl3NO3/c1-11-6-8-12(9-7-11)22-17(23)13-4-2-3-5-14(13)18(24)25-10-15(19)16(20)21/h2-3,6-9,13-14H,4-5,10H2,1H3,(H,22,23)/t13-,14-/m1/s1. The van der Waals surface area contributed by atoms with Gasteiger partial charge < -0.3 is 10.1 Å². The van der Waals surface area contributed by atoms with Gasteiger partial charge in [-0.1, -0.05) is 64.7 Å². The molecule has 0 spiro atoms. The summed E-state index contributed by atoms with van der Waals surface area (Å²) < 4.78 is 4.99. The highest BCUT2D eigenvalue weighted by molar-refractivity contribution is 6.59. The van der Waals surface area contributed by atoms with Crippen LogP contribution in [0.4, 0.5) is 5.69 Å². The summed E-state index contributed by atoms with van der Waals surface area (Å²) in [6.45, 7) is 1.76. The number of aryl methyl sites for hydroxylation is 1. The molecule has 1 aromatic rings. The number of carbonyl (C=O) groups is 2. The van der Waals surface area contributed by atoms with E-state index >= 15 is 0 Å². The predicted octanol–water partition coefficient (Wildman–Crippen LogP) is 4.94. The predicted molar refractivity (Wildman–Crippen MR) is 101 cm³/mol. The Morgan fingerprint density at radius 3 is 2.28 bits per heavy atom. The molecule has 25 heavy (non-hydrogen) atoms. The third kappa shape index (κ3) is 5.77. The maximum absolute atomic E-state index is 12.6. The Balaban J connectivity index is 2.03. The molecule has 1 amide bonds. The molecule has 2 atom stereocenters. The molecule has 0 saturated heterocycles. The molecule has 0 unspecified atom stereocenters. The van der Waals surface area contributed by atoms with Crippen LogP contribution in [0.1, 0.15) is 18.4 Å². The fourth-order valence-electron chi connectivity index (χ4n) is 2.53. The van der Waals surface area contributed by atoms with E-state index in [4.69, 9.17) is 39.5 Å². The van der Waals surface area contributed by atoms with Crippen LogP contribution in [0.25, 0.3) is 0 Å². The van der Waals surface area contributed by atoms with Gasteiger partial charge in [0, 0.05) is 5.69 Å². The van der Waals surface area contributed by atoms with Gasteiger partial charge in [0.25, 0.3) is 0 Å². The summed E-state index contributed by atoms with van der Waals surface area (Å²) in [5, 5.41) is 2.89. The molecule has 0 aromatic heterocycles. The normalized spacial score (nSPS) is 19.2. The SMILES string of the molecule is Cc1ccc(NC(=O)[C@@H]2CC=CC[C@H]2C(=O)OCC(Cl)=C(Cl)Cl)cc1. The van der Waals surface area contributed by atoms with Crippen LogP contribution in [0.5, 0.6) is 0 Å². The zero-order valence-electron chi connectivity index (χ0n) is 13.6. The second-order valence-electron chi connectivity index (χ2n) is 5.78. The summed E-state index contributed by atoms with van der Waals surface area (Å²) in [6.07, 6.45) is 4.66. The van der Waals surface area contributed by atoms with Crippen molar-refractivity contribution in [2.24, 2.45) is 11.8 Å². The zero-order valence-corrected chi connectivity index (χ0v) is 15.9. The van der Waals surface area contributed by atoms with E-state index in [1.54, 1.807) is 0 Å². The van der Waals surface area contributed by atoms with Gasteiger partial charge in [-0.05, 0) is 31.9 Å². The van der Waals surface area contributed by atoms with Crippen molar-refractivity contribution >= 4 is 52.4 Å². The van der Waals surface area contributed by atoms with Gasteiger partial charge in [-0.3, -0.25) is 9.59 Å². The smallest absolute Gasteiger partial charge is 0.310 e. The van der Waals surface area contributed by atoms with Crippen molar-refractivity contribution in [1.29, 1.82) is 0 Å². The number of benzene rings is 1. The Hall–Kier alpha value is -1.49. The van der Waals surface area contributed by atoms with Gasteiger partial charge in [-0.2, -0.15) is 0 Å². The lowest BCUT2D eigenvalue weighted by atomic mass is 9.82. The highest BCUT2D eigenvalue weighted by Gasteiger charge is 2.35. The number of halogens is 3. The number of anilines is 1. The van der Waals surface area contributed by atoms with Gasteiger partial charge in [-0.25, -0.2) is 0 Å². The molecule has 0 heterocycles. The first-order chi connectivity index (χ1) is 11.9. The number of amides is 1. The van der Waals surface area contributed by atoms with Crippen molar-refractivity contribution in [2.75, 3.05) is 11.9 Å². The Morgan fingerprint density at radius 2 is 1.68 bits per heavy atom. The lowest BCUT2D eigenvalue weighted by Gasteiger charge is -2.26. The number of nitrogens with one attached hydrogen (secondary N) is 1. The fourth-order valence-corrected chi connectivity index (χ4v) is 2.70. The molecule has 1 aromatic carbocycles. The highest BCUT2D eigenvalue weighted by Crippen LogP contribution is 2.29. The number of carbonyl (C=O) groups excluding carboxylic acids is 2. The Bertz CT molecular complexity index is 694. The number of rotatable bonds is 5. The average molecular weight is 403 g/mol. The molecule has 0 radical (unpaired) electrons. The fraction of sp³-hybridized carbons (Fsp3) is 0.333. The molecule has 2 rings (SSSR count). The molecule has 4 nitrogen and oxygen atoms in total. The van der Waals surface area contributed by atoms with E-state index in [2.05, 4.69) is 5.32 Å². The van der Waals surface area contributed by atoms with E-state index < -0.39 is 17.8 Å². The lowest BCUT2D eigenvalue weighted by molar-refractivity contribution is -0.151. The van der Waals surface area contributed by atoms with Crippen LogP contribution < -0.4 is 5.32 Å². The number of hydrogen-bond acceptors (Lipinski definition) is 3. The van der Waals surface area contributed by atoms with Crippen molar-refractivity contribution < 1.29 is 14.3 Å². The molecule has 0 fully saturated rings. The molecule has 0 aliphatic heterocycles. The monoisotopic (exact) mass is 401 g/mol.